The number of nitro groups is 1. The van der Waals surface area contributed by atoms with Gasteiger partial charge < -0.3 is 9.52 Å². The Hall–Kier alpha value is -3.41. The summed E-state index contributed by atoms with van der Waals surface area (Å²) in [5.74, 6) is -0.653. The second kappa shape index (κ2) is 6.00. The van der Waals surface area contributed by atoms with E-state index in [0.29, 0.717) is 5.56 Å². The third-order valence-electron chi connectivity index (χ3n) is 3.67. The molecule has 6 nitrogen and oxygen atoms in total. The first-order valence-electron chi connectivity index (χ1n) is 7.15. The highest BCUT2D eigenvalue weighted by atomic mass is 16.6. The van der Waals surface area contributed by atoms with Gasteiger partial charge in [-0.15, -0.1) is 0 Å². The lowest BCUT2D eigenvalue weighted by atomic mass is 9.92. The maximum absolute atomic E-state index is 12.0. The summed E-state index contributed by atoms with van der Waals surface area (Å²) in [5.41, 5.74) is 0.351. The first-order valence-corrected chi connectivity index (χ1v) is 7.15. The molecule has 1 N–H and O–H groups in total. The van der Waals surface area contributed by atoms with E-state index in [2.05, 4.69) is 0 Å². The SMILES string of the molecule is CC(=O)c1c(O)cc(-c2ccccc2)c([N+](=O)[O-])c1-c1ccco1. The summed E-state index contributed by atoms with van der Waals surface area (Å²) in [6, 6.07) is 13.0. The molecule has 3 rings (SSSR count). The fourth-order valence-electron chi connectivity index (χ4n) is 2.70. The van der Waals surface area contributed by atoms with Gasteiger partial charge in [-0.25, -0.2) is 0 Å². The minimum atomic E-state index is -0.563. The molecule has 120 valence electrons. The van der Waals surface area contributed by atoms with Crippen molar-refractivity contribution in [2.24, 2.45) is 0 Å². The molecular weight excluding hydrogens is 310 g/mol. The molecule has 24 heavy (non-hydrogen) atoms. The van der Waals surface area contributed by atoms with Crippen LogP contribution in [0.4, 0.5) is 5.69 Å². The summed E-state index contributed by atoms with van der Waals surface area (Å²) in [5, 5.41) is 22.1. The van der Waals surface area contributed by atoms with Crippen LogP contribution in [-0.2, 0) is 0 Å². The van der Waals surface area contributed by atoms with E-state index in [1.165, 1.54) is 25.3 Å². The number of aromatic hydroxyl groups is 1. The molecular formula is C18H13NO5. The highest BCUT2D eigenvalue weighted by molar-refractivity contribution is 6.07. The third kappa shape index (κ3) is 2.54. The van der Waals surface area contributed by atoms with E-state index in [1.54, 1.807) is 36.4 Å². The van der Waals surface area contributed by atoms with Crippen LogP contribution < -0.4 is 0 Å². The summed E-state index contributed by atoms with van der Waals surface area (Å²) in [7, 11) is 0. The predicted octanol–water partition coefficient (Wildman–Crippen LogP) is 4.43. The Bertz CT molecular complexity index is 914. The lowest BCUT2D eigenvalue weighted by molar-refractivity contribution is -0.383. The molecule has 3 aromatic rings. The average Bonchev–Trinajstić information content (AvgIpc) is 3.08. The normalized spacial score (nSPS) is 10.5. The van der Waals surface area contributed by atoms with E-state index >= 15 is 0 Å². The Kier molecular flexibility index (Phi) is 3.87. The zero-order chi connectivity index (χ0) is 17.3. The Morgan fingerprint density at radius 2 is 1.88 bits per heavy atom. The number of carbonyl (C=O) groups excluding carboxylic acids is 1. The number of phenolic OH excluding ortho intramolecular Hbond substituents is 1. The number of Topliss-reactive ketones (excluding diaryl/α,β-unsaturated/α-hetero) is 1. The quantitative estimate of drug-likeness (QED) is 0.435. The number of nitrogens with zero attached hydrogens (tertiary/aromatic N) is 1. The third-order valence-corrected chi connectivity index (χ3v) is 3.67. The number of hydrogen-bond donors (Lipinski definition) is 1. The number of nitro benzene ring substituents is 1. The molecule has 6 heteroatoms. The molecule has 0 bridgehead atoms. The Morgan fingerprint density at radius 3 is 2.42 bits per heavy atom. The second-order valence-electron chi connectivity index (χ2n) is 5.20. The van der Waals surface area contributed by atoms with Crippen molar-refractivity contribution in [3.63, 3.8) is 0 Å². The lowest BCUT2D eigenvalue weighted by Crippen LogP contribution is -2.03. The molecule has 0 radical (unpaired) electrons. The number of hydrogen-bond acceptors (Lipinski definition) is 5. The predicted molar refractivity (Wildman–Crippen MR) is 87.9 cm³/mol. The Balaban J connectivity index is 2.46. The zero-order valence-corrected chi connectivity index (χ0v) is 12.7. The van der Waals surface area contributed by atoms with E-state index in [1.807, 2.05) is 0 Å². The van der Waals surface area contributed by atoms with E-state index in [4.69, 9.17) is 4.42 Å². The topological polar surface area (TPSA) is 93.6 Å². The summed E-state index contributed by atoms with van der Waals surface area (Å²) in [6.07, 6.45) is 1.36. The van der Waals surface area contributed by atoms with Crippen molar-refractivity contribution in [3.8, 4) is 28.2 Å². The highest BCUT2D eigenvalue weighted by Gasteiger charge is 2.31. The standard InChI is InChI=1S/C18H13NO5/c1-11(20)16-14(21)10-13(12-6-3-2-4-7-12)18(19(22)23)17(16)15-8-5-9-24-15/h2-10,21H,1H3. The van der Waals surface area contributed by atoms with Gasteiger partial charge in [0, 0.05) is 0 Å². The summed E-state index contributed by atoms with van der Waals surface area (Å²) >= 11 is 0. The minimum Gasteiger partial charge on any atom is -0.507 e. The van der Waals surface area contributed by atoms with Crippen LogP contribution in [0, 0.1) is 10.1 Å². The number of phenols is 1. The number of rotatable bonds is 4. The van der Waals surface area contributed by atoms with Crippen LogP contribution in [0.15, 0.2) is 59.2 Å². The fraction of sp³-hybridized carbons (Fsp3) is 0.0556. The maximum atomic E-state index is 12.0. The fourth-order valence-corrected chi connectivity index (χ4v) is 2.70. The van der Waals surface area contributed by atoms with Gasteiger partial charge in [0.15, 0.2) is 5.78 Å². The Labute approximate surface area is 137 Å². The van der Waals surface area contributed by atoms with Crippen molar-refractivity contribution in [1.29, 1.82) is 0 Å². The molecule has 0 saturated heterocycles. The van der Waals surface area contributed by atoms with Crippen molar-refractivity contribution < 1.29 is 19.2 Å². The van der Waals surface area contributed by atoms with Gasteiger partial charge in [0.05, 0.1) is 22.3 Å². The summed E-state index contributed by atoms with van der Waals surface area (Å²) in [6.45, 7) is 1.24. The molecule has 0 amide bonds. The number of ketones is 1. The first-order chi connectivity index (χ1) is 11.5. The zero-order valence-electron chi connectivity index (χ0n) is 12.7. The van der Waals surface area contributed by atoms with Crippen molar-refractivity contribution >= 4 is 11.5 Å². The van der Waals surface area contributed by atoms with Crippen LogP contribution in [0.3, 0.4) is 0 Å². The van der Waals surface area contributed by atoms with Gasteiger partial charge in [-0.1, -0.05) is 30.3 Å². The molecule has 0 aliphatic heterocycles. The van der Waals surface area contributed by atoms with E-state index in [9.17, 15) is 20.0 Å². The van der Waals surface area contributed by atoms with Crippen molar-refractivity contribution in [2.45, 2.75) is 6.92 Å². The second-order valence-corrected chi connectivity index (χ2v) is 5.20. The molecule has 0 aliphatic rings. The van der Waals surface area contributed by atoms with Gasteiger partial charge >= 0.3 is 0 Å². The summed E-state index contributed by atoms with van der Waals surface area (Å²) in [4.78, 5) is 23.2. The molecule has 0 aliphatic carbocycles. The highest BCUT2D eigenvalue weighted by Crippen LogP contribution is 2.45. The average molecular weight is 323 g/mol. The molecule has 1 aromatic heterocycles. The summed E-state index contributed by atoms with van der Waals surface area (Å²) < 4.78 is 5.28. The van der Waals surface area contributed by atoms with E-state index in [-0.39, 0.29) is 33.9 Å². The number of benzene rings is 2. The molecule has 1 heterocycles. The molecule has 0 atom stereocenters. The van der Waals surface area contributed by atoms with Crippen LogP contribution >= 0.6 is 0 Å². The smallest absolute Gasteiger partial charge is 0.289 e. The number of furan rings is 1. The van der Waals surface area contributed by atoms with Crippen molar-refractivity contribution in [3.05, 3.63) is 70.5 Å². The minimum absolute atomic E-state index is 0.0173. The number of carbonyl (C=O) groups is 1. The van der Waals surface area contributed by atoms with Crippen molar-refractivity contribution in [1.82, 2.24) is 0 Å². The largest absolute Gasteiger partial charge is 0.507 e. The first kappa shape index (κ1) is 15.5. The molecule has 0 spiro atoms. The van der Waals surface area contributed by atoms with Gasteiger partial charge in [0.25, 0.3) is 5.69 Å². The van der Waals surface area contributed by atoms with E-state index < -0.39 is 10.7 Å². The van der Waals surface area contributed by atoms with Crippen LogP contribution in [0.25, 0.3) is 22.5 Å². The Morgan fingerprint density at radius 1 is 1.17 bits per heavy atom. The van der Waals surface area contributed by atoms with Gasteiger partial charge in [-0.05, 0) is 30.7 Å². The monoisotopic (exact) mass is 323 g/mol. The molecule has 2 aromatic carbocycles. The van der Waals surface area contributed by atoms with Crippen LogP contribution in [0.1, 0.15) is 17.3 Å². The molecule has 0 fully saturated rings. The van der Waals surface area contributed by atoms with Crippen LogP contribution in [0.2, 0.25) is 0 Å². The van der Waals surface area contributed by atoms with Gasteiger partial charge in [-0.3, -0.25) is 14.9 Å². The van der Waals surface area contributed by atoms with Crippen LogP contribution in [-0.4, -0.2) is 15.8 Å². The van der Waals surface area contributed by atoms with Crippen LogP contribution in [0.5, 0.6) is 5.75 Å². The van der Waals surface area contributed by atoms with Crippen molar-refractivity contribution in [2.75, 3.05) is 0 Å². The van der Waals surface area contributed by atoms with Gasteiger partial charge in [0.2, 0.25) is 0 Å². The van der Waals surface area contributed by atoms with Gasteiger partial charge in [0.1, 0.15) is 17.1 Å². The molecule has 0 unspecified atom stereocenters. The van der Waals surface area contributed by atoms with Gasteiger partial charge in [-0.2, -0.15) is 0 Å². The maximum Gasteiger partial charge on any atom is 0.289 e. The van der Waals surface area contributed by atoms with E-state index in [0.717, 1.165) is 0 Å². The molecule has 0 saturated carbocycles. The lowest BCUT2D eigenvalue weighted by Gasteiger charge is -2.12.